The van der Waals surface area contributed by atoms with Crippen LogP contribution in [0.2, 0.25) is 0 Å². The number of nitrogens with zero attached hydrogens (tertiary/aromatic N) is 2. The zero-order chi connectivity index (χ0) is 13.0. The van der Waals surface area contributed by atoms with Gasteiger partial charge in [-0.15, -0.1) is 11.3 Å². The monoisotopic (exact) mass is 260 g/mol. The van der Waals surface area contributed by atoms with E-state index in [2.05, 4.69) is 11.1 Å². The van der Waals surface area contributed by atoms with Crippen molar-refractivity contribution in [3.05, 3.63) is 40.5 Å². The first-order valence-corrected chi connectivity index (χ1v) is 6.71. The van der Waals surface area contributed by atoms with Crippen molar-refractivity contribution in [1.82, 2.24) is 4.98 Å². The van der Waals surface area contributed by atoms with Gasteiger partial charge in [0, 0.05) is 17.4 Å². The van der Waals surface area contributed by atoms with Gasteiger partial charge in [-0.25, -0.2) is 9.37 Å². The Labute approximate surface area is 110 Å². The summed E-state index contributed by atoms with van der Waals surface area (Å²) in [5, 5.41) is 11.7. The van der Waals surface area contributed by atoms with E-state index >= 15 is 0 Å². The van der Waals surface area contributed by atoms with Gasteiger partial charge in [0.05, 0.1) is 22.7 Å². The summed E-state index contributed by atoms with van der Waals surface area (Å²) in [5.41, 5.74) is 1.17. The van der Waals surface area contributed by atoms with Gasteiger partial charge < -0.3 is 0 Å². The van der Waals surface area contributed by atoms with E-state index in [-0.39, 0.29) is 11.7 Å². The predicted molar refractivity (Wildman–Crippen MR) is 70.6 cm³/mol. The first-order valence-electron chi connectivity index (χ1n) is 5.83. The van der Waals surface area contributed by atoms with Crippen molar-refractivity contribution in [1.29, 1.82) is 5.26 Å². The number of rotatable bonds is 4. The fourth-order valence-corrected chi connectivity index (χ4v) is 2.57. The van der Waals surface area contributed by atoms with Crippen LogP contribution in [0.1, 0.15) is 18.4 Å². The Balaban J connectivity index is 2.21. The highest BCUT2D eigenvalue weighted by Gasteiger charge is 2.12. The maximum atomic E-state index is 13.6. The Morgan fingerprint density at radius 2 is 2.22 bits per heavy atom. The summed E-state index contributed by atoms with van der Waals surface area (Å²) in [4.78, 5) is 4.40. The number of aromatic nitrogens is 1. The van der Waals surface area contributed by atoms with Crippen LogP contribution in [0.25, 0.3) is 11.3 Å². The lowest BCUT2D eigenvalue weighted by atomic mass is 10.1. The van der Waals surface area contributed by atoms with Crippen LogP contribution in [0.3, 0.4) is 0 Å². The van der Waals surface area contributed by atoms with E-state index in [1.807, 2.05) is 12.3 Å². The third-order valence-electron chi connectivity index (χ3n) is 2.80. The van der Waals surface area contributed by atoms with Gasteiger partial charge in [0.2, 0.25) is 0 Å². The Morgan fingerprint density at radius 3 is 2.89 bits per heavy atom. The largest absolute Gasteiger partial charge is 0.241 e. The van der Waals surface area contributed by atoms with E-state index in [1.54, 1.807) is 18.2 Å². The summed E-state index contributed by atoms with van der Waals surface area (Å²) in [6.07, 6.45) is 1.46. The predicted octanol–water partition coefficient (Wildman–Crippen LogP) is 4.04. The summed E-state index contributed by atoms with van der Waals surface area (Å²) in [6.45, 7) is 1.99. The lowest BCUT2D eigenvalue weighted by molar-refractivity contribution is 0.629. The normalized spacial score (nSPS) is 12.1. The number of benzene rings is 1. The van der Waals surface area contributed by atoms with E-state index < -0.39 is 0 Å². The van der Waals surface area contributed by atoms with Crippen molar-refractivity contribution < 1.29 is 4.39 Å². The van der Waals surface area contributed by atoms with Crippen LogP contribution >= 0.6 is 11.3 Å². The number of hydrogen-bond acceptors (Lipinski definition) is 3. The second kappa shape index (κ2) is 5.74. The molecule has 0 radical (unpaired) electrons. The molecule has 1 atom stereocenters. The van der Waals surface area contributed by atoms with Gasteiger partial charge in [-0.05, 0) is 18.6 Å². The molecule has 0 aliphatic carbocycles. The van der Waals surface area contributed by atoms with Gasteiger partial charge in [-0.2, -0.15) is 5.26 Å². The SMILES string of the molecule is CCC(C#N)Cc1nc(-c2ccccc2F)cs1. The second-order valence-corrected chi connectivity index (χ2v) is 4.99. The highest BCUT2D eigenvalue weighted by Crippen LogP contribution is 2.25. The number of nitriles is 1. The van der Waals surface area contributed by atoms with Gasteiger partial charge in [0.1, 0.15) is 5.82 Å². The van der Waals surface area contributed by atoms with Crippen LogP contribution in [0, 0.1) is 23.1 Å². The second-order valence-electron chi connectivity index (χ2n) is 4.04. The molecular formula is C14H13FN2S. The van der Waals surface area contributed by atoms with Gasteiger partial charge in [0.15, 0.2) is 0 Å². The minimum Gasteiger partial charge on any atom is -0.241 e. The Bertz CT molecular complexity index is 571. The Morgan fingerprint density at radius 1 is 1.44 bits per heavy atom. The van der Waals surface area contributed by atoms with Crippen LogP contribution in [0.4, 0.5) is 4.39 Å². The van der Waals surface area contributed by atoms with E-state index in [9.17, 15) is 4.39 Å². The van der Waals surface area contributed by atoms with Gasteiger partial charge >= 0.3 is 0 Å². The topological polar surface area (TPSA) is 36.7 Å². The Hall–Kier alpha value is -1.73. The third kappa shape index (κ3) is 2.74. The molecule has 1 aromatic carbocycles. The van der Waals surface area contributed by atoms with Crippen molar-refractivity contribution in [2.24, 2.45) is 5.92 Å². The molecule has 0 saturated carbocycles. The first kappa shape index (κ1) is 12.7. The van der Waals surface area contributed by atoms with E-state index in [0.717, 1.165) is 11.4 Å². The maximum absolute atomic E-state index is 13.6. The highest BCUT2D eigenvalue weighted by molar-refractivity contribution is 7.09. The molecule has 1 unspecified atom stereocenters. The van der Waals surface area contributed by atoms with Crippen molar-refractivity contribution in [3.63, 3.8) is 0 Å². The molecule has 92 valence electrons. The van der Waals surface area contributed by atoms with Gasteiger partial charge in [-0.3, -0.25) is 0 Å². The lowest BCUT2D eigenvalue weighted by Gasteiger charge is -2.01. The van der Waals surface area contributed by atoms with Gasteiger partial charge in [-0.1, -0.05) is 19.1 Å². The molecular weight excluding hydrogens is 247 g/mol. The number of thiazole rings is 1. The standard InChI is InChI=1S/C14H13FN2S/c1-2-10(8-16)7-14-17-13(9-18-14)11-5-3-4-6-12(11)15/h3-6,9-10H,2,7H2,1H3. The van der Waals surface area contributed by atoms with Gasteiger partial charge in [0.25, 0.3) is 0 Å². The van der Waals surface area contributed by atoms with E-state index in [1.165, 1.54) is 17.4 Å². The van der Waals surface area contributed by atoms with Crippen LogP contribution in [0.15, 0.2) is 29.6 Å². The Kier molecular flexibility index (Phi) is 4.06. The molecule has 0 spiro atoms. The average Bonchev–Trinajstić information content (AvgIpc) is 2.85. The smallest absolute Gasteiger partial charge is 0.132 e. The fourth-order valence-electron chi connectivity index (χ4n) is 1.69. The molecule has 1 heterocycles. The van der Waals surface area contributed by atoms with Crippen molar-refractivity contribution >= 4 is 11.3 Å². The summed E-state index contributed by atoms with van der Waals surface area (Å²) in [6, 6.07) is 8.86. The number of halogens is 1. The maximum Gasteiger partial charge on any atom is 0.132 e. The summed E-state index contributed by atoms with van der Waals surface area (Å²) in [7, 11) is 0. The van der Waals surface area contributed by atoms with Crippen LogP contribution in [-0.2, 0) is 6.42 Å². The average molecular weight is 260 g/mol. The van der Waals surface area contributed by atoms with Crippen molar-refractivity contribution in [2.45, 2.75) is 19.8 Å². The van der Waals surface area contributed by atoms with Crippen molar-refractivity contribution in [2.75, 3.05) is 0 Å². The lowest BCUT2D eigenvalue weighted by Crippen LogP contribution is -1.99. The number of hydrogen-bond donors (Lipinski definition) is 0. The molecule has 4 heteroatoms. The minimum absolute atomic E-state index is 0.00961. The molecule has 2 nitrogen and oxygen atoms in total. The zero-order valence-electron chi connectivity index (χ0n) is 10.1. The van der Waals surface area contributed by atoms with Crippen LogP contribution < -0.4 is 0 Å². The molecule has 0 amide bonds. The molecule has 18 heavy (non-hydrogen) atoms. The highest BCUT2D eigenvalue weighted by atomic mass is 32.1. The molecule has 0 aliphatic heterocycles. The molecule has 0 bridgehead atoms. The minimum atomic E-state index is -0.262. The van der Waals surface area contributed by atoms with E-state index in [0.29, 0.717) is 17.7 Å². The summed E-state index contributed by atoms with van der Waals surface area (Å²) >= 11 is 1.48. The molecule has 2 aromatic rings. The van der Waals surface area contributed by atoms with Crippen molar-refractivity contribution in [3.8, 4) is 17.3 Å². The molecule has 2 rings (SSSR count). The molecule has 0 fully saturated rings. The molecule has 0 saturated heterocycles. The molecule has 0 aliphatic rings. The zero-order valence-corrected chi connectivity index (χ0v) is 10.9. The third-order valence-corrected chi connectivity index (χ3v) is 3.67. The molecule has 0 N–H and O–H groups in total. The van der Waals surface area contributed by atoms with Crippen LogP contribution in [0.5, 0.6) is 0 Å². The first-order chi connectivity index (χ1) is 8.74. The van der Waals surface area contributed by atoms with E-state index in [4.69, 9.17) is 5.26 Å². The fraction of sp³-hybridized carbons (Fsp3) is 0.286. The molecule has 1 aromatic heterocycles. The van der Waals surface area contributed by atoms with Crippen LogP contribution in [-0.4, -0.2) is 4.98 Å². The quantitative estimate of drug-likeness (QED) is 0.831. The summed E-state index contributed by atoms with van der Waals surface area (Å²) in [5.74, 6) is -0.272. The summed E-state index contributed by atoms with van der Waals surface area (Å²) < 4.78 is 13.6.